The summed E-state index contributed by atoms with van der Waals surface area (Å²) in [6, 6.07) is 5.98. The zero-order valence-electron chi connectivity index (χ0n) is 18.8. The normalized spacial score (nSPS) is 22.4. The maximum atomic E-state index is 12.9. The fourth-order valence-electron chi connectivity index (χ4n) is 5.57. The number of amides is 1. The first-order valence-electron chi connectivity index (χ1n) is 12.0. The average molecular weight is 451 g/mol. The van der Waals surface area contributed by atoms with Gasteiger partial charge in [-0.15, -0.1) is 0 Å². The lowest BCUT2D eigenvalue weighted by Crippen LogP contribution is -2.55. The van der Waals surface area contributed by atoms with Crippen LogP contribution in [0.1, 0.15) is 37.7 Å². The Balaban J connectivity index is 1.08. The third-order valence-electron chi connectivity index (χ3n) is 7.87. The van der Waals surface area contributed by atoms with E-state index in [9.17, 15) is 4.79 Å². The maximum Gasteiger partial charge on any atom is 0.266 e. The van der Waals surface area contributed by atoms with Gasteiger partial charge < -0.3 is 29.8 Å². The van der Waals surface area contributed by atoms with E-state index in [0.29, 0.717) is 62.6 Å². The molecule has 33 heavy (non-hydrogen) atoms. The Labute approximate surface area is 193 Å². The summed E-state index contributed by atoms with van der Waals surface area (Å²) >= 11 is 0. The van der Waals surface area contributed by atoms with E-state index < -0.39 is 0 Å². The first kappa shape index (κ1) is 20.7. The summed E-state index contributed by atoms with van der Waals surface area (Å²) in [4.78, 5) is 21.6. The third kappa shape index (κ3) is 3.78. The lowest BCUT2D eigenvalue weighted by atomic mass is 9.51. The van der Waals surface area contributed by atoms with Crippen molar-refractivity contribution in [3.8, 4) is 11.5 Å². The molecule has 2 aromatic rings. The number of nitrogens with one attached hydrogen (secondary N) is 2. The van der Waals surface area contributed by atoms with Gasteiger partial charge in [0.15, 0.2) is 0 Å². The van der Waals surface area contributed by atoms with Crippen molar-refractivity contribution in [3.05, 3.63) is 23.8 Å². The number of hydrogen-bond acceptors (Lipinski definition) is 8. The van der Waals surface area contributed by atoms with E-state index in [2.05, 4.69) is 20.4 Å². The van der Waals surface area contributed by atoms with Crippen LogP contribution in [0.4, 0.5) is 11.6 Å². The molecule has 3 heterocycles. The van der Waals surface area contributed by atoms with E-state index in [0.717, 1.165) is 29.7 Å². The molecule has 2 aliphatic carbocycles. The molecule has 9 nitrogen and oxygen atoms in total. The summed E-state index contributed by atoms with van der Waals surface area (Å²) in [6.07, 6.45) is 7.51. The monoisotopic (exact) mass is 450 g/mol. The fourth-order valence-corrected chi connectivity index (χ4v) is 5.57. The lowest BCUT2D eigenvalue weighted by Gasteiger charge is -2.54. The van der Waals surface area contributed by atoms with E-state index >= 15 is 0 Å². The van der Waals surface area contributed by atoms with Gasteiger partial charge in [-0.25, -0.2) is 0 Å². The van der Waals surface area contributed by atoms with Gasteiger partial charge in [0.1, 0.15) is 0 Å². The number of carbonyl (C=O) groups is 1. The van der Waals surface area contributed by atoms with Crippen LogP contribution in [0.2, 0.25) is 0 Å². The van der Waals surface area contributed by atoms with Gasteiger partial charge in [-0.05, 0) is 48.4 Å². The first-order valence-corrected chi connectivity index (χ1v) is 12.0. The fraction of sp³-hybridized carbons (Fsp3) is 0.583. The van der Waals surface area contributed by atoms with E-state index in [1.807, 2.05) is 23.1 Å². The third-order valence-corrected chi connectivity index (χ3v) is 7.87. The Morgan fingerprint density at radius 2 is 1.97 bits per heavy atom. The zero-order valence-corrected chi connectivity index (χ0v) is 18.8. The number of carbonyl (C=O) groups excluding carboxylic acids is 1. The molecule has 9 heteroatoms. The second-order valence-electron chi connectivity index (χ2n) is 10.00. The summed E-state index contributed by atoms with van der Waals surface area (Å²) in [5.74, 6) is 1.59. The molecule has 2 N–H and O–H groups in total. The summed E-state index contributed by atoms with van der Waals surface area (Å²) in [7, 11) is 0. The standard InChI is InChI=1S/C24H30N6O3/c25-13-17-3-2-16(10-20(17)26-19-14-32-15-19)21-27-23(28-33-21)30-8-6-29(7-9-30)22(31)18-11-24(12-18)4-1-5-24/h2-3,10,13,18-19,25-26H,1,4-9,11-12,14-15H2. The van der Waals surface area contributed by atoms with Crippen molar-refractivity contribution in [2.75, 3.05) is 49.6 Å². The number of aromatic nitrogens is 2. The molecule has 2 saturated carbocycles. The SMILES string of the molecule is N=Cc1ccc(-c2nc(N3CCN(C(=O)C4CC5(CCC5)C4)CC3)no2)cc1NC1COC1. The minimum absolute atomic E-state index is 0.242. The van der Waals surface area contributed by atoms with Crippen LogP contribution in [0.25, 0.3) is 11.5 Å². The van der Waals surface area contributed by atoms with Crippen LogP contribution in [-0.4, -0.2) is 72.6 Å². The zero-order chi connectivity index (χ0) is 22.4. The van der Waals surface area contributed by atoms with Crippen molar-refractivity contribution in [2.45, 2.75) is 38.1 Å². The van der Waals surface area contributed by atoms with Gasteiger partial charge in [-0.1, -0.05) is 12.5 Å². The molecule has 1 aromatic carbocycles. The molecule has 1 amide bonds. The predicted octanol–water partition coefficient (Wildman–Crippen LogP) is 2.77. The quantitative estimate of drug-likeness (QED) is 0.652. The van der Waals surface area contributed by atoms with E-state index in [-0.39, 0.29) is 12.0 Å². The number of rotatable bonds is 6. The highest BCUT2D eigenvalue weighted by Crippen LogP contribution is 2.59. The molecule has 6 rings (SSSR count). The second kappa shape index (κ2) is 8.13. The van der Waals surface area contributed by atoms with Crippen LogP contribution >= 0.6 is 0 Å². The maximum absolute atomic E-state index is 12.9. The molecule has 0 radical (unpaired) electrons. The smallest absolute Gasteiger partial charge is 0.266 e. The van der Waals surface area contributed by atoms with Crippen molar-refractivity contribution in [2.24, 2.45) is 11.3 Å². The molecule has 0 atom stereocenters. The summed E-state index contributed by atoms with van der Waals surface area (Å²) in [6.45, 7) is 4.17. The Morgan fingerprint density at radius 1 is 1.18 bits per heavy atom. The van der Waals surface area contributed by atoms with Crippen LogP contribution < -0.4 is 10.2 Å². The lowest BCUT2D eigenvalue weighted by molar-refractivity contribution is -0.148. The van der Waals surface area contributed by atoms with E-state index in [4.69, 9.17) is 14.7 Å². The summed E-state index contributed by atoms with van der Waals surface area (Å²) in [5, 5.41) is 15.3. The second-order valence-corrected chi connectivity index (χ2v) is 10.00. The molecule has 0 unspecified atom stereocenters. The van der Waals surface area contributed by atoms with Gasteiger partial charge >= 0.3 is 0 Å². The molecule has 2 aliphatic heterocycles. The molecule has 4 aliphatic rings. The van der Waals surface area contributed by atoms with Crippen LogP contribution in [-0.2, 0) is 9.53 Å². The number of anilines is 2. The van der Waals surface area contributed by atoms with Gasteiger partial charge in [0, 0.05) is 55.1 Å². The van der Waals surface area contributed by atoms with Crippen LogP contribution in [0, 0.1) is 16.7 Å². The number of ether oxygens (including phenoxy) is 1. The predicted molar refractivity (Wildman–Crippen MR) is 124 cm³/mol. The molecule has 1 aromatic heterocycles. The average Bonchev–Trinajstić information content (AvgIpc) is 3.24. The number of piperazine rings is 1. The topological polar surface area (TPSA) is 108 Å². The largest absolute Gasteiger partial charge is 0.377 e. The highest BCUT2D eigenvalue weighted by atomic mass is 16.5. The van der Waals surface area contributed by atoms with Gasteiger partial charge in [0.05, 0.1) is 19.3 Å². The van der Waals surface area contributed by atoms with Crippen molar-refractivity contribution < 1.29 is 14.1 Å². The molecule has 0 bridgehead atoms. The molecule has 1 spiro atoms. The van der Waals surface area contributed by atoms with Crippen LogP contribution in [0.3, 0.4) is 0 Å². The summed E-state index contributed by atoms with van der Waals surface area (Å²) < 4.78 is 10.8. The molecule has 4 fully saturated rings. The van der Waals surface area contributed by atoms with Crippen LogP contribution in [0.5, 0.6) is 0 Å². The van der Waals surface area contributed by atoms with Gasteiger partial charge in [-0.2, -0.15) is 4.98 Å². The number of benzene rings is 1. The minimum Gasteiger partial charge on any atom is -0.377 e. The van der Waals surface area contributed by atoms with Crippen molar-refractivity contribution in [3.63, 3.8) is 0 Å². The Morgan fingerprint density at radius 3 is 2.61 bits per heavy atom. The number of nitrogens with zero attached hydrogens (tertiary/aromatic N) is 4. The Bertz CT molecular complexity index is 1040. The van der Waals surface area contributed by atoms with Gasteiger partial charge in [0.2, 0.25) is 5.91 Å². The Hall–Kier alpha value is -2.94. The van der Waals surface area contributed by atoms with Crippen LogP contribution in [0.15, 0.2) is 22.7 Å². The van der Waals surface area contributed by atoms with Gasteiger partial charge in [-0.3, -0.25) is 4.79 Å². The van der Waals surface area contributed by atoms with Gasteiger partial charge in [0.25, 0.3) is 11.8 Å². The number of hydrogen-bond donors (Lipinski definition) is 2. The molecule has 174 valence electrons. The molecular formula is C24H30N6O3. The van der Waals surface area contributed by atoms with E-state index in [1.165, 1.54) is 25.5 Å². The van der Waals surface area contributed by atoms with E-state index in [1.54, 1.807) is 0 Å². The van der Waals surface area contributed by atoms with Crippen molar-refractivity contribution in [1.29, 1.82) is 5.41 Å². The minimum atomic E-state index is 0.242. The highest BCUT2D eigenvalue weighted by molar-refractivity contribution is 5.87. The van der Waals surface area contributed by atoms with Crippen molar-refractivity contribution in [1.82, 2.24) is 15.0 Å². The molecule has 2 saturated heterocycles. The highest BCUT2D eigenvalue weighted by Gasteiger charge is 2.51. The Kier molecular flexibility index (Phi) is 5.09. The first-order chi connectivity index (χ1) is 16.1. The summed E-state index contributed by atoms with van der Waals surface area (Å²) in [5.41, 5.74) is 3.01. The molecular weight excluding hydrogens is 420 g/mol. The van der Waals surface area contributed by atoms with Crippen molar-refractivity contribution >= 4 is 23.8 Å².